The first-order chi connectivity index (χ1) is 11.1. The van der Waals surface area contributed by atoms with Crippen LogP contribution in [-0.4, -0.2) is 55.4 Å². The maximum Gasteiger partial charge on any atom is 0.164 e. The molecule has 0 saturated carbocycles. The van der Waals surface area contributed by atoms with Gasteiger partial charge in [0.25, 0.3) is 0 Å². The maximum absolute atomic E-state index is 12.5. The van der Waals surface area contributed by atoms with E-state index in [0.29, 0.717) is 12.5 Å². The first kappa shape index (κ1) is 16.2. The summed E-state index contributed by atoms with van der Waals surface area (Å²) in [5.74, 6) is 0.255. The number of carbonyl (C=O) groups excluding carboxylic acids is 1. The van der Waals surface area contributed by atoms with Crippen molar-refractivity contribution >= 4 is 16.6 Å². The van der Waals surface area contributed by atoms with E-state index < -0.39 is 0 Å². The Morgan fingerprint density at radius 3 is 2.48 bits per heavy atom. The third-order valence-corrected chi connectivity index (χ3v) is 5.01. The average molecular weight is 310 g/mol. The molecular formula is C20H26N2O. The van der Waals surface area contributed by atoms with E-state index in [1.54, 1.807) is 0 Å². The van der Waals surface area contributed by atoms with Gasteiger partial charge in [0.05, 0.1) is 0 Å². The van der Waals surface area contributed by atoms with Gasteiger partial charge in [0, 0.05) is 24.6 Å². The van der Waals surface area contributed by atoms with Gasteiger partial charge in [0.1, 0.15) is 0 Å². The zero-order chi connectivity index (χ0) is 16.2. The van der Waals surface area contributed by atoms with Crippen molar-refractivity contribution in [2.24, 2.45) is 0 Å². The Labute approximate surface area is 138 Å². The predicted octanol–water partition coefficient (Wildman–Crippen LogP) is 3.44. The van der Waals surface area contributed by atoms with Crippen molar-refractivity contribution in [2.45, 2.75) is 25.3 Å². The Hall–Kier alpha value is -1.71. The number of rotatable bonds is 5. The lowest BCUT2D eigenvalue weighted by molar-refractivity contribution is 0.0940. The Balaban J connectivity index is 1.55. The molecule has 0 N–H and O–H groups in total. The molecule has 1 aliphatic rings. The molecule has 3 heteroatoms. The van der Waals surface area contributed by atoms with Gasteiger partial charge in [-0.15, -0.1) is 0 Å². The Kier molecular flexibility index (Phi) is 5.09. The van der Waals surface area contributed by atoms with Crippen LogP contribution in [0.1, 0.15) is 29.6 Å². The van der Waals surface area contributed by atoms with E-state index in [0.717, 1.165) is 30.6 Å². The highest BCUT2D eigenvalue weighted by Crippen LogP contribution is 2.18. The summed E-state index contributed by atoms with van der Waals surface area (Å²) in [6.07, 6.45) is 3.03. The van der Waals surface area contributed by atoms with E-state index in [-0.39, 0.29) is 5.78 Å². The van der Waals surface area contributed by atoms with Crippen LogP contribution < -0.4 is 0 Å². The van der Waals surface area contributed by atoms with Crippen molar-refractivity contribution in [3.05, 3.63) is 48.0 Å². The Bertz CT molecular complexity index is 672. The van der Waals surface area contributed by atoms with E-state index in [1.807, 2.05) is 30.3 Å². The second-order valence-electron chi connectivity index (χ2n) is 6.77. The van der Waals surface area contributed by atoms with E-state index in [2.05, 4.69) is 36.0 Å². The van der Waals surface area contributed by atoms with E-state index >= 15 is 0 Å². The summed E-state index contributed by atoms with van der Waals surface area (Å²) in [7, 11) is 4.31. The van der Waals surface area contributed by atoms with Crippen LogP contribution in [0.4, 0.5) is 0 Å². The summed E-state index contributed by atoms with van der Waals surface area (Å²) in [4.78, 5) is 17.2. The van der Waals surface area contributed by atoms with Gasteiger partial charge in [-0.25, -0.2) is 0 Å². The van der Waals surface area contributed by atoms with Crippen LogP contribution in [0.2, 0.25) is 0 Å². The molecule has 122 valence electrons. The van der Waals surface area contributed by atoms with Crippen molar-refractivity contribution in [3.63, 3.8) is 0 Å². The smallest absolute Gasteiger partial charge is 0.164 e. The van der Waals surface area contributed by atoms with Crippen molar-refractivity contribution in [3.8, 4) is 0 Å². The molecule has 1 saturated heterocycles. The molecule has 0 radical (unpaired) electrons. The first-order valence-electron chi connectivity index (χ1n) is 8.54. The van der Waals surface area contributed by atoms with Crippen LogP contribution >= 0.6 is 0 Å². The molecule has 0 aliphatic carbocycles. The molecule has 1 fully saturated rings. The summed E-state index contributed by atoms with van der Waals surface area (Å²) in [6, 6.07) is 14.9. The third kappa shape index (κ3) is 3.98. The van der Waals surface area contributed by atoms with Gasteiger partial charge in [-0.3, -0.25) is 4.79 Å². The topological polar surface area (TPSA) is 23.6 Å². The fourth-order valence-electron chi connectivity index (χ4n) is 3.43. The second kappa shape index (κ2) is 7.24. The molecule has 23 heavy (non-hydrogen) atoms. The SMILES string of the molecule is CN(C)C1CCN(CCC(=O)c2ccc3ccccc3c2)CC1. The molecule has 0 bridgehead atoms. The lowest BCUT2D eigenvalue weighted by Crippen LogP contribution is -2.42. The van der Waals surface area contributed by atoms with Gasteiger partial charge < -0.3 is 9.80 Å². The highest BCUT2D eigenvalue weighted by atomic mass is 16.1. The van der Waals surface area contributed by atoms with Gasteiger partial charge in [0.2, 0.25) is 0 Å². The van der Waals surface area contributed by atoms with Crippen molar-refractivity contribution < 1.29 is 4.79 Å². The number of fused-ring (bicyclic) bond motifs is 1. The van der Waals surface area contributed by atoms with Crippen LogP contribution in [0.15, 0.2) is 42.5 Å². The number of likely N-dealkylation sites (tertiary alicyclic amines) is 1. The summed E-state index contributed by atoms with van der Waals surface area (Å²) < 4.78 is 0. The molecule has 1 heterocycles. The molecule has 0 unspecified atom stereocenters. The monoisotopic (exact) mass is 310 g/mol. The molecule has 0 spiro atoms. The predicted molar refractivity (Wildman–Crippen MR) is 96.0 cm³/mol. The average Bonchev–Trinajstić information content (AvgIpc) is 2.59. The molecular weight excluding hydrogens is 284 g/mol. The van der Waals surface area contributed by atoms with Crippen LogP contribution in [0.3, 0.4) is 0 Å². The van der Waals surface area contributed by atoms with Crippen molar-refractivity contribution in [1.29, 1.82) is 0 Å². The number of hydrogen-bond donors (Lipinski definition) is 0. The summed E-state index contributed by atoms with van der Waals surface area (Å²) >= 11 is 0. The molecule has 2 aromatic rings. The van der Waals surface area contributed by atoms with Crippen molar-refractivity contribution in [2.75, 3.05) is 33.7 Å². The molecule has 0 amide bonds. The number of carbonyl (C=O) groups is 1. The largest absolute Gasteiger partial charge is 0.306 e. The number of Topliss-reactive ketones (excluding diaryl/α,β-unsaturated/α-hetero) is 1. The zero-order valence-electron chi connectivity index (χ0n) is 14.2. The van der Waals surface area contributed by atoms with Gasteiger partial charge in [-0.1, -0.05) is 36.4 Å². The number of piperidine rings is 1. The normalized spacial score (nSPS) is 17.0. The second-order valence-corrected chi connectivity index (χ2v) is 6.77. The molecule has 1 aliphatic heterocycles. The van der Waals surface area contributed by atoms with Gasteiger partial charge in [-0.05, 0) is 56.9 Å². The Morgan fingerprint density at radius 1 is 1.09 bits per heavy atom. The molecule has 3 rings (SSSR count). The highest BCUT2D eigenvalue weighted by molar-refractivity contribution is 6.00. The fraction of sp³-hybridized carbons (Fsp3) is 0.450. The standard InChI is InChI=1S/C20H26N2O/c1-21(2)19-9-12-22(13-10-19)14-11-20(23)18-8-7-16-5-3-4-6-17(16)15-18/h3-8,15,19H,9-14H2,1-2H3. The van der Waals surface area contributed by atoms with Crippen molar-refractivity contribution in [1.82, 2.24) is 9.80 Å². The van der Waals surface area contributed by atoms with Crippen LogP contribution in [0.25, 0.3) is 10.8 Å². The van der Waals surface area contributed by atoms with E-state index in [9.17, 15) is 4.79 Å². The summed E-state index contributed by atoms with van der Waals surface area (Å²) in [5.41, 5.74) is 0.840. The molecule has 3 nitrogen and oxygen atoms in total. The van der Waals surface area contributed by atoms with Crippen LogP contribution in [-0.2, 0) is 0 Å². The lowest BCUT2D eigenvalue weighted by Gasteiger charge is -2.35. The number of benzene rings is 2. The molecule has 0 aromatic heterocycles. The maximum atomic E-state index is 12.5. The fourth-order valence-corrected chi connectivity index (χ4v) is 3.43. The summed E-state index contributed by atoms with van der Waals surface area (Å²) in [5, 5.41) is 2.33. The number of nitrogens with zero attached hydrogens (tertiary/aromatic N) is 2. The quantitative estimate of drug-likeness (QED) is 0.790. The van der Waals surface area contributed by atoms with Crippen LogP contribution in [0, 0.1) is 0 Å². The lowest BCUT2D eigenvalue weighted by atomic mass is 10.0. The number of ketones is 1. The van der Waals surface area contributed by atoms with E-state index in [1.165, 1.54) is 18.2 Å². The van der Waals surface area contributed by atoms with Gasteiger partial charge in [-0.2, -0.15) is 0 Å². The van der Waals surface area contributed by atoms with E-state index in [4.69, 9.17) is 0 Å². The van der Waals surface area contributed by atoms with Gasteiger partial charge >= 0.3 is 0 Å². The highest BCUT2D eigenvalue weighted by Gasteiger charge is 2.20. The Morgan fingerprint density at radius 2 is 1.78 bits per heavy atom. The summed E-state index contributed by atoms with van der Waals surface area (Å²) in [6.45, 7) is 3.09. The molecule has 0 atom stereocenters. The third-order valence-electron chi connectivity index (χ3n) is 5.01. The van der Waals surface area contributed by atoms with Gasteiger partial charge in [0.15, 0.2) is 5.78 Å². The first-order valence-corrected chi connectivity index (χ1v) is 8.54. The minimum Gasteiger partial charge on any atom is -0.306 e. The van der Waals surface area contributed by atoms with Crippen LogP contribution in [0.5, 0.6) is 0 Å². The number of hydrogen-bond acceptors (Lipinski definition) is 3. The minimum absolute atomic E-state index is 0.255. The zero-order valence-corrected chi connectivity index (χ0v) is 14.2. The minimum atomic E-state index is 0.255. The molecule has 2 aromatic carbocycles.